The van der Waals surface area contributed by atoms with Crippen molar-refractivity contribution < 1.29 is 0 Å². The molecular formula is C17H26N4. The number of pyridine rings is 1. The standard InChI is InChI=1S/C17H26N4/c1-6-17-13(4)20-21(14(17)5)11-16-8-7-15(10-19-16)9-18-12(2)3/h7-8,10,12,18H,6,9,11H2,1-5H3. The molecule has 2 aromatic heterocycles. The first-order valence-electron chi connectivity index (χ1n) is 7.71. The van der Waals surface area contributed by atoms with Crippen molar-refractivity contribution in [1.29, 1.82) is 0 Å². The molecular weight excluding hydrogens is 260 g/mol. The van der Waals surface area contributed by atoms with Gasteiger partial charge in [0.05, 0.1) is 17.9 Å². The van der Waals surface area contributed by atoms with Crippen LogP contribution in [0.15, 0.2) is 18.3 Å². The second kappa shape index (κ2) is 6.85. The molecule has 2 heterocycles. The summed E-state index contributed by atoms with van der Waals surface area (Å²) in [5.74, 6) is 0. The summed E-state index contributed by atoms with van der Waals surface area (Å²) in [4.78, 5) is 4.56. The normalized spacial score (nSPS) is 11.3. The zero-order valence-corrected chi connectivity index (χ0v) is 13.8. The summed E-state index contributed by atoms with van der Waals surface area (Å²) in [7, 11) is 0. The highest BCUT2D eigenvalue weighted by atomic mass is 15.3. The van der Waals surface area contributed by atoms with Gasteiger partial charge in [-0.1, -0.05) is 26.8 Å². The molecule has 0 radical (unpaired) electrons. The zero-order chi connectivity index (χ0) is 15.4. The van der Waals surface area contributed by atoms with Crippen LogP contribution in [0.1, 0.15) is 49.0 Å². The molecule has 2 aromatic rings. The maximum atomic E-state index is 4.62. The molecule has 0 fully saturated rings. The van der Waals surface area contributed by atoms with Crippen LogP contribution in [0.3, 0.4) is 0 Å². The van der Waals surface area contributed by atoms with Crippen LogP contribution in [-0.4, -0.2) is 20.8 Å². The highest BCUT2D eigenvalue weighted by Gasteiger charge is 2.10. The third-order valence-corrected chi connectivity index (χ3v) is 3.80. The first-order chi connectivity index (χ1) is 10.0. The third-order valence-electron chi connectivity index (χ3n) is 3.80. The second-order valence-corrected chi connectivity index (χ2v) is 5.85. The molecule has 0 saturated carbocycles. The monoisotopic (exact) mass is 286 g/mol. The third kappa shape index (κ3) is 3.91. The molecule has 0 aliphatic carbocycles. The Kier molecular flexibility index (Phi) is 5.12. The van der Waals surface area contributed by atoms with E-state index in [0.717, 1.165) is 30.9 Å². The topological polar surface area (TPSA) is 42.7 Å². The van der Waals surface area contributed by atoms with E-state index in [9.17, 15) is 0 Å². The number of hydrogen-bond acceptors (Lipinski definition) is 3. The summed E-state index contributed by atoms with van der Waals surface area (Å²) in [5, 5.41) is 8.02. The van der Waals surface area contributed by atoms with Crippen molar-refractivity contribution in [3.8, 4) is 0 Å². The Labute approximate surface area is 127 Å². The largest absolute Gasteiger partial charge is 0.310 e. The minimum atomic E-state index is 0.492. The Balaban J connectivity index is 2.06. The van der Waals surface area contributed by atoms with Gasteiger partial charge in [-0.2, -0.15) is 5.10 Å². The Hall–Kier alpha value is -1.68. The molecule has 0 bridgehead atoms. The second-order valence-electron chi connectivity index (χ2n) is 5.85. The van der Waals surface area contributed by atoms with Crippen LogP contribution in [0.5, 0.6) is 0 Å². The SMILES string of the molecule is CCc1c(C)nn(Cc2ccc(CNC(C)C)cn2)c1C. The van der Waals surface area contributed by atoms with Gasteiger partial charge in [0, 0.05) is 24.5 Å². The Bertz CT molecular complexity index is 582. The summed E-state index contributed by atoms with van der Waals surface area (Å²) >= 11 is 0. The van der Waals surface area contributed by atoms with E-state index in [1.54, 1.807) is 0 Å². The van der Waals surface area contributed by atoms with E-state index < -0.39 is 0 Å². The van der Waals surface area contributed by atoms with Crippen molar-refractivity contribution in [2.45, 2.75) is 60.2 Å². The van der Waals surface area contributed by atoms with Crippen LogP contribution in [0.25, 0.3) is 0 Å². The van der Waals surface area contributed by atoms with Gasteiger partial charge in [0.15, 0.2) is 0 Å². The van der Waals surface area contributed by atoms with Gasteiger partial charge in [0.2, 0.25) is 0 Å². The maximum Gasteiger partial charge on any atom is 0.0834 e. The minimum Gasteiger partial charge on any atom is -0.310 e. The van der Waals surface area contributed by atoms with E-state index in [2.05, 4.69) is 66.8 Å². The first kappa shape index (κ1) is 15.7. The van der Waals surface area contributed by atoms with E-state index in [4.69, 9.17) is 0 Å². The van der Waals surface area contributed by atoms with E-state index in [1.165, 1.54) is 16.8 Å². The van der Waals surface area contributed by atoms with Gasteiger partial charge in [-0.05, 0) is 37.5 Å². The lowest BCUT2D eigenvalue weighted by molar-refractivity contribution is 0.587. The minimum absolute atomic E-state index is 0.492. The number of aryl methyl sites for hydroxylation is 1. The quantitative estimate of drug-likeness (QED) is 0.887. The van der Waals surface area contributed by atoms with Crippen molar-refractivity contribution >= 4 is 0 Å². The molecule has 114 valence electrons. The lowest BCUT2D eigenvalue weighted by Gasteiger charge is -2.09. The van der Waals surface area contributed by atoms with Crippen LogP contribution in [0.2, 0.25) is 0 Å². The molecule has 0 amide bonds. The van der Waals surface area contributed by atoms with Crippen LogP contribution < -0.4 is 5.32 Å². The summed E-state index contributed by atoms with van der Waals surface area (Å²) in [6, 6.07) is 4.73. The van der Waals surface area contributed by atoms with E-state index in [1.807, 2.05) is 6.20 Å². The smallest absolute Gasteiger partial charge is 0.0834 e. The Morgan fingerprint density at radius 1 is 1.24 bits per heavy atom. The van der Waals surface area contributed by atoms with Gasteiger partial charge in [0.1, 0.15) is 0 Å². The molecule has 0 spiro atoms. The molecule has 21 heavy (non-hydrogen) atoms. The van der Waals surface area contributed by atoms with Crippen LogP contribution in [0.4, 0.5) is 0 Å². The summed E-state index contributed by atoms with van der Waals surface area (Å²) in [6.45, 7) is 12.3. The average Bonchev–Trinajstić information content (AvgIpc) is 2.72. The van der Waals surface area contributed by atoms with E-state index in [-0.39, 0.29) is 0 Å². The van der Waals surface area contributed by atoms with Crippen LogP contribution in [0, 0.1) is 13.8 Å². The Morgan fingerprint density at radius 2 is 2.00 bits per heavy atom. The lowest BCUT2D eigenvalue weighted by atomic mass is 10.1. The predicted molar refractivity (Wildman–Crippen MR) is 86.4 cm³/mol. The van der Waals surface area contributed by atoms with Crippen LogP contribution >= 0.6 is 0 Å². The van der Waals surface area contributed by atoms with E-state index >= 15 is 0 Å². The van der Waals surface area contributed by atoms with Gasteiger partial charge < -0.3 is 5.32 Å². The highest BCUT2D eigenvalue weighted by Crippen LogP contribution is 2.14. The number of hydrogen-bond donors (Lipinski definition) is 1. The van der Waals surface area contributed by atoms with Gasteiger partial charge in [-0.3, -0.25) is 9.67 Å². The molecule has 0 saturated heterocycles. The number of nitrogens with zero attached hydrogens (tertiary/aromatic N) is 3. The fourth-order valence-electron chi connectivity index (χ4n) is 2.53. The van der Waals surface area contributed by atoms with Crippen molar-refractivity contribution in [3.05, 3.63) is 46.5 Å². The average molecular weight is 286 g/mol. The van der Waals surface area contributed by atoms with Gasteiger partial charge >= 0.3 is 0 Å². The summed E-state index contributed by atoms with van der Waals surface area (Å²) < 4.78 is 2.06. The zero-order valence-electron chi connectivity index (χ0n) is 13.8. The van der Waals surface area contributed by atoms with Crippen molar-refractivity contribution in [2.75, 3.05) is 0 Å². The molecule has 0 aliphatic heterocycles. The molecule has 4 nitrogen and oxygen atoms in total. The fraction of sp³-hybridized carbons (Fsp3) is 0.529. The molecule has 4 heteroatoms. The highest BCUT2D eigenvalue weighted by molar-refractivity contribution is 5.25. The predicted octanol–water partition coefficient (Wildman–Crippen LogP) is 3.00. The number of nitrogens with one attached hydrogen (secondary N) is 1. The molecule has 1 N–H and O–H groups in total. The molecule has 2 rings (SSSR count). The van der Waals surface area contributed by atoms with Gasteiger partial charge in [-0.25, -0.2) is 0 Å². The Morgan fingerprint density at radius 3 is 2.52 bits per heavy atom. The van der Waals surface area contributed by atoms with Gasteiger partial charge in [0.25, 0.3) is 0 Å². The van der Waals surface area contributed by atoms with Crippen molar-refractivity contribution in [1.82, 2.24) is 20.1 Å². The van der Waals surface area contributed by atoms with Crippen molar-refractivity contribution in [3.63, 3.8) is 0 Å². The van der Waals surface area contributed by atoms with Crippen molar-refractivity contribution in [2.24, 2.45) is 0 Å². The summed E-state index contributed by atoms with van der Waals surface area (Å²) in [6.07, 6.45) is 2.99. The van der Waals surface area contributed by atoms with Gasteiger partial charge in [-0.15, -0.1) is 0 Å². The first-order valence-corrected chi connectivity index (χ1v) is 7.71. The maximum absolute atomic E-state index is 4.62. The molecule has 0 atom stereocenters. The van der Waals surface area contributed by atoms with E-state index in [0.29, 0.717) is 6.04 Å². The molecule has 0 unspecified atom stereocenters. The number of rotatable bonds is 6. The fourth-order valence-corrected chi connectivity index (χ4v) is 2.53. The lowest BCUT2D eigenvalue weighted by Crippen LogP contribution is -2.21. The number of aromatic nitrogens is 3. The van der Waals surface area contributed by atoms with Crippen LogP contribution in [-0.2, 0) is 19.5 Å². The summed E-state index contributed by atoms with van der Waals surface area (Å²) in [5.41, 5.74) is 6.01. The molecule has 0 aromatic carbocycles. The molecule has 0 aliphatic rings.